The Morgan fingerprint density at radius 3 is 2.69 bits per heavy atom. The molecule has 0 fully saturated rings. The lowest BCUT2D eigenvalue weighted by molar-refractivity contribution is 0.275. The van der Waals surface area contributed by atoms with Crippen molar-refractivity contribution in [1.29, 1.82) is 0 Å². The van der Waals surface area contributed by atoms with Gasteiger partial charge in [-0.2, -0.15) is 0 Å². The van der Waals surface area contributed by atoms with Gasteiger partial charge in [-0.25, -0.2) is 9.38 Å². The highest BCUT2D eigenvalue weighted by atomic mass is 19.1. The summed E-state index contributed by atoms with van der Waals surface area (Å²) in [5.74, 6) is 1.18. The summed E-state index contributed by atoms with van der Waals surface area (Å²) in [5, 5.41) is 12.5. The second-order valence-electron chi connectivity index (χ2n) is 5.92. The van der Waals surface area contributed by atoms with Crippen LogP contribution >= 0.6 is 0 Å². The fourth-order valence-corrected chi connectivity index (χ4v) is 2.65. The Labute approximate surface area is 154 Å². The number of nitrogens with zero attached hydrogens (tertiary/aromatic N) is 2. The highest BCUT2D eigenvalue weighted by Crippen LogP contribution is 2.19. The van der Waals surface area contributed by atoms with E-state index >= 15 is 0 Å². The van der Waals surface area contributed by atoms with Crippen molar-refractivity contribution in [1.82, 2.24) is 10.2 Å². The van der Waals surface area contributed by atoms with E-state index in [4.69, 9.17) is 4.74 Å². The third-order valence-electron chi connectivity index (χ3n) is 3.99. The lowest BCUT2D eigenvalue weighted by Crippen LogP contribution is -2.38. The standard InChI is InChI=1S/C20H26FN3O2/c1-4-22-20(23-12-15-9-10-18(21)17(11-15)14-25)24(2)13-16-7-5-6-8-19(16)26-3/h5-11,25H,4,12-14H2,1-3H3,(H,22,23). The summed E-state index contributed by atoms with van der Waals surface area (Å²) >= 11 is 0. The summed E-state index contributed by atoms with van der Waals surface area (Å²) < 4.78 is 18.9. The number of methoxy groups -OCH3 is 1. The van der Waals surface area contributed by atoms with E-state index in [0.717, 1.165) is 29.4 Å². The van der Waals surface area contributed by atoms with Crippen molar-refractivity contribution in [2.24, 2.45) is 4.99 Å². The minimum atomic E-state index is -0.402. The number of nitrogens with one attached hydrogen (secondary N) is 1. The molecular formula is C20H26FN3O2. The van der Waals surface area contributed by atoms with E-state index < -0.39 is 5.82 Å². The van der Waals surface area contributed by atoms with Gasteiger partial charge in [0.1, 0.15) is 11.6 Å². The van der Waals surface area contributed by atoms with Gasteiger partial charge in [-0.15, -0.1) is 0 Å². The predicted octanol–water partition coefficient (Wildman–Crippen LogP) is 2.92. The predicted molar refractivity (Wildman–Crippen MR) is 102 cm³/mol. The number of rotatable bonds is 7. The molecule has 0 heterocycles. The Morgan fingerprint density at radius 1 is 1.23 bits per heavy atom. The maximum absolute atomic E-state index is 13.5. The second kappa shape index (κ2) is 9.77. The SMILES string of the molecule is CCNC(=NCc1ccc(F)c(CO)c1)N(C)Cc1ccccc1OC. The number of hydrogen-bond acceptors (Lipinski definition) is 3. The first-order chi connectivity index (χ1) is 12.6. The van der Waals surface area contributed by atoms with Gasteiger partial charge in [0.15, 0.2) is 5.96 Å². The van der Waals surface area contributed by atoms with Crippen molar-refractivity contribution >= 4 is 5.96 Å². The van der Waals surface area contributed by atoms with Gasteiger partial charge in [-0.3, -0.25) is 0 Å². The second-order valence-corrected chi connectivity index (χ2v) is 5.92. The molecule has 0 spiro atoms. The van der Waals surface area contributed by atoms with Gasteiger partial charge in [0.2, 0.25) is 0 Å². The van der Waals surface area contributed by atoms with Crippen molar-refractivity contribution in [2.75, 3.05) is 20.7 Å². The van der Waals surface area contributed by atoms with Gasteiger partial charge in [-0.05, 0) is 30.7 Å². The number of ether oxygens (including phenoxy) is 1. The van der Waals surface area contributed by atoms with Crippen LogP contribution in [0.1, 0.15) is 23.6 Å². The molecule has 0 amide bonds. The normalized spacial score (nSPS) is 11.3. The fourth-order valence-electron chi connectivity index (χ4n) is 2.65. The number of para-hydroxylation sites is 1. The Morgan fingerprint density at radius 2 is 2.00 bits per heavy atom. The molecule has 0 unspecified atom stereocenters. The first-order valence-electron chi connectivity index (χ1n) is 8.58. The summed E-state index contributed by atoms with van der Waals surface area (Å²) in [6.07, 6.45) is 0. The van der Waals surface area contributed by atoms with E-state index in [9.17, 15) is 9.50 Å². The number of guanidine groups is 1. The average Bonchev–Trinajstić information content (AvgIpc) is 2.66. The first-order valence-corrected chi connectivity index (χ1v) is 8.58. The maximum Gasteiger partial charge on any atom is 0.194 e. The van der Waals surface area contributed by atoms with Gasteiger partial charge < -0.3 is 20.1 Å². The number of aliphatic imine (C=N–C) groups is 1. The highest BCUT2D eigenvalue weighted by Gasteiger charge is 2.10. The van der Waals surface area contributed by atoms with E-state index in [1.165, 1.54) is 6.07 Å². The topological polar surface area (TPSA) is 57.1 Å². The van der Waals surface area contributed by atoms with Gasteiger partial charge in [-0.1, -0.05) is 24.3 Å². The number of halogens is 1. The largest absolute Gasteiger partial charge is 0.496 e. The molecule has 6 heteroatoms. The number of hydrogen-bond donors (Lipinski definition) is 2. The maximum atomic E-state index is 13.5. The molecule has 140 valence electrons. The molecule has 0 saturated heterocycles. The van der Waals surface area contributed by atoms with Crippen LogP contribution < -0.4 is 10.1 Å². The summed E-state index contributed by atoms with van der Waals surface area (Å²) in [6.45, 7) is 3.46. The average molecular weight is 359 g/mol. The lowest BCUT2D eigenvalue weighted by Gasteiger charge is -2.23. The van der Waals surface area contributed by atoms with Crippen LogP contribution in [0.25, 0.3) is 0 Å². The molecule has 26 heavy (non-hydrogen) atoms. The molecule has 2 aromatic rings. The molecule has 0 aliphatic heterocycles. The van der Waals surface area contributed by atoms with Crippen LogP contribution in [0.3, 0.4) is 0 Å². The molecule has 0 atom stereocenters. The number of benzene rings is 2. The summed E-state index contributed by atoms with van der Waals surface area (Å²) in [7, 11) is 3.61. The fraction of sp³-hybridized carbons (Fsp3) is 0.350. The van der Waals surface area contributed by atoms with E-state index in [-0.39, 0.29) is 12.2 Å². The van der Waals surface area contributed by atoms with E-state index in [2.05, 4.69) is 10.3 Å². The zero-order valence-electron chi connectivity index (χ0n) is 15.5. The van der Waals surface area contributed by atoms with Gasteiger partial charge in [0.25, 0.3) is 0 Å². The molecular weight excluding hydrogens is 333 g/mol. The molecule has 0 radical (unpaired) electrons. The minimum absolute atomic E-state index is 0.282. The van der Waals surface area contributed by atoms with E-state index in [1.807, 2.05) is 43.1 Å². The van der Waals surface area contributed by atoms with Gasteiger partial charge in [0.05, 0.1) is 20.3 Å². The third kappa shape index (κ3) is 5.20. The van der Waals surface area contributed by atoms with Crippen molar-refractivity contribution in [3.05, 3.63) is 65.0 Å². The molecule has 0 saturated carbocycles. The van der Waals surface area contributed by atoms with Crippen LogP contribution in [0.15, 0.2) is 47.5 Å². The van der Waals surface area contributed by atoms with Crippen LogP contribution in [0, 0.1) is 5.82 Å². The van der Waals surface area contributed by atoms with E-state index in [1.54, 1.807) is 19.2 Å². The van der Waals surface area contributed by atoms with Gasteiger partial charge >= 0.3 is 0 Å². The first kappa shape index (κ1) is 19.7. The van der Waals surface area contributed by atoms with Crippen molar-refractivity contribution in [2.45, 2.75) is 26.6 Å². The molecule has 0 aliphatic carbocycles. The van der Waals surface area contributed by atoms with Crippen LogP contribution in [0.2, 0.25) is 0 Å². The van der Waals surface area contributed by atoms with Crippen molar-refractivity contribution in [3.8, 4) is 5.75 Å². The third-order valence-corrected chi connectivity index (χ3v) is 3.99. The smallest absolute Gasteiger partial charge is 0.194 e. The summed E-state index contributed by atoms with van der Waals surface area (Å²) in [6, 6.07) is 12.6. The quantitative estimate of drug-likeness (QED) is 0.590. The summed E-state index contributed by atoms with van der Waals surface area (Å²) in [5.41, 5.74) is 2.19. The zero-order valence-corrected chi connectivity index (χ0v) is 15.5. The Bertz CT molecular complexity index is 750. The molecule has 2 N–H and O–H groups in total. The molecule has 0 aliphatic rings. The van der Waals surface area contributed by atoms with Gasteiger partial charge in [0, 0.05) is 31.3 Å². The molecule has 0 aromatic heterocycles. The number of aliphatic hydroxyl groups excluding tert-OH is 1. The van der Waals surface area contributed by atoms with Crippen LogP contribution in [-0.4, -0.2) is 36.7 Å². The lowest BCUT2D eigenvalue weighted by atomic mass is 10.1. The molecule has 2 rings (SSSR count). The number of aliphatic hydroxyl groups is 1. The summed E-state index contributed by atoms with van der Waals surface area (Å²) in [4.78, 5) is 6.64. The zero-order chi connectivity index (χ0) is 18.9. The van der Waals surface area contributed by atoms with Crippen LogP contribution in [0.5, 0.6) is 5.75 Å². The van der Waals surface area contributed by atoms with Crippen molar-refractivity contribution < 1.29 is 14.2 Å². The van der Waals surface area contributed by atoms with Crippen LogP contribution in [0.4, 0.5) is 4.39 Å². The van der Waals surface area contributed by atoms with Crippen LogP contribution in [-0.2, 0) is 19.7 Å². The van der Waals surface area contributed by atoms with Crippen molar-refractivity contribution in [3.63, 3.8) is 0 Å². The highest BCUT2D eigenvalue weighted by molar-refractivity contribution is 5.79. The Hall–Kier alpha value is -2.60. The molecule has 0 bridgehead atoms. The molecule has 2 aromatic carbocycles. The monoisotopic (exact) mass is 359 g/mol. The van der Waals surface area contributed by atoms with E-state index in [0.29, 0.717) is 13.1 Å². The minimum Gasteiger partial charge on any atom is -0.496 e. The molecule has 5 nitrogen and oxygen atoms in total. The Balaban J connectivity index is 2.14. The Kier molecular flexibility index (Phi) is 7.41.